The minimum Gasteiger partial charge on any atom is -0.462 e. The van der Waals surface area contributed by atoms with Gasteiger partial charge >= 0.3 is 5.97 Å². The van der Waals surface area contributed by atoms with E-state index in [0.717, 1.165) is 12.8 Å². The molecule has 1 aromatic rings. The zero-order valence-corrected chi connectivity index (χ0v) is 12.8. The molecular weight excluding hydrogens is 300 g/mol. The number of aryl methyl sites for hydroxylation is 1. The van der Waals surface area contributed by atoms with E-state index < -0.39 is 15.0 Å². The number of hydrogen-bond donors (Lipinski definition) is 0. The van der Waals surface area contributed by atoms with Gasteiger partial charge < -0.3 is 4.74 Å². The van der Waals surface area contributed by atoms with Crippen LogP contribution in [-0.4, -0.2) is 21.0 Å². The molecule has 0 atom stereocenters. The Morgan fingerprint density at radius 3 is 2.60 bits per heavy atom. The number of halogens is 1. The lowest BCUT2D eigenvalue weighted by molar-refractivity contribution is 0.0442. The molecule has 1 aliphatic rings. The lowest BCUT2D eigenvalue weighted by Gasteiger charge is -2.11. The van der Waals surface area contributed by atoms with Gasteiger partial charge in [-0.2, -0.15) is 0 Å². The van der Waals surface area contributed by atoms with Gasteiger partial charge in [0.05, 0.1) is 17.1 Å². The second-order valence-electron chi connectivity index (χ2n) is 5.17. The highest BCUT2D eigenvalue weighted by atomic mass is 35.7. The van der Waals surface area contributed by atoms with Crippen molar-refractivity contribution in [1.82, 2.24) is 0 Å². The first kappa shape index (κ1) is 15.3. The maximum absolute atomic E-state index is 11.9. The van der Waals surface area contributed by atoms with Gasteiger partial charge in [0.1, 0.15) is 0 Å². The van der Waals surface area contributed by atoms with Gasteiger partial charge in [-0.25, -0.2) is 13.2 Å². The molecule has 0 heterocycles. The molecule has 0 spiro atoms. The maximum atomic E-state index is 11.9. The van der Waals surface area contributed by atoms with Gasteiger partial charge in [-0.3, -0.25) is 0 Å². The molecule has 110 valence electrons. The summed E-state index contributed by atoms with van der Waals surface area (Å²) in [4.78, 5) is 11.9. The van der Waals surface area contributed by atoms with Gasteiger partial charge in [0.25, 0.3) is 9.05 Å². The fraction of sp³-hybridized carbons (Fsp3) is 0.500. The first-order chi connectivity index (χ1) is 9.38. The van der Waals surface area contributed by atoms with Crippen molar-refractivity contribution in [3.05, 3.63) is 29.3 Å². The highest BCUT2D eigenvalue weighted by Crippen LogP contribution is 2.25. The zero-order valence-electron chi connectivity index (χ0n) is 11.3. The maximum Gasteiger partial charge on any atom is 0.338 e. The Morgan fingerprint density at radius 2 is 2.00 bits per heavy atom. The van der Waals surface area contributed by atoms with Crippen LogP contribution in [-0.2, 0) is 13.8 Å². The van der Waals surface area contributed by atoms with E-state index >= 15 is 0 Å². The van der Waals surface area contributed by atoms with Gasteiger partial charge in [-0.15, -0.1) is 0 Å². The average molecular weight is 317 g/mol. The highest BCUT2D eigenvalue weighted by Gasteiger charge is 2.20. The number of benzene rings is 1. The van der Waals surface area contributed by atoms with Crippen molar-refractivity contribution in [2.75, 3.05) is 6.61 Å². The molecule has 20 heavy (non-hydrogen) atoms. The predicted molar refractivity (Wildman–Crippen MR) is 76.5 cm³/mol. The SMILES string of the molecule is Cc1ccc(C(=O)OCC2CCCC2)cc1S(=O)(=O)Cl. The summed E-state index contributed by atoms with van der Waals surface area (Å²) in [5.41, 5.74) is 0.722. The molecule has 0 unspecified atom stereocenters. The smallest absolute Gasteiger partial charge is 0.338 e. The summed E-state index contributed by atoms with van der Waals surface area (Å²) in [6.07, 6.45) is 4.54. The Kier molecular flexibility index (Phi) is 4.70. The largest absolute Gasteiger partial charge is 0.462 e. The Balaban J connectivity index is 2.10. The van der Waals surface area contributed by atoms with Crippen LogP contribution < -0.4 is 0 Å². The normalized spacial score (nSPS) is 16.3. The summed E-state index contributed by atoms with van der Waals surface area (Å²) >= 11 is 0. The quantitative estimate of drug-likeness (QED) is 0.632. The molecular formula is C14H17ClO4S. The third-order valence-corrected chi connectivity index (χ3v) is 5.08. The van der Waals surface area contributed by atoms with E-state index in [4.69, 9.17) is 15.4 Å². The summed E-state index contributed by atoms with van der Waals surface area (Å²) in [7, 11) is 1.49. The third-order valence-electron chi connectivity index (χ3n) is 3.61. The van der Waals surface area contributed by atoms with Crippen molar-refractivity contribution in [3.8, 4) is 0 Å². The van der Waals surface area contributed by atoms with E-state index in [1.54, 1.807) is 19.1 Å². The monoisotopic (exact) mass is 316 g/mol. The molecule has 0 saturated heterocycles. The molecule has 0 amide bonds. The lowest BCUT2D eigenvalue weighted by Crippen LogP contribution is -2.12. The first-order valence-electron chi connectivity index (χ1n) is 6.60. The molecule has 0 aliphatic heterocycles. The van der Waals surface area contributed by atoms with Gasteiger partial charge in [0.2, 0.25) is 0 Å². The van der Waals surface area contributed by atoms with Crippen LogP contribution in [0.1, 0.15) is 41.6 Å². The number of esters is 1. The van der Waals surface area contributed by atoms with Crippen molar-refractivity contribution in [2.45, 2.75) is 37.5 Å². The van der Waals surface area contributed by atoms with Crippen molar-refractivity contribution in [1.29, 1.82) is 0 Å². The summed E-state index contributed by atoms with van der Waals surface area (Å²) in [6.45, 7) is 2.03. The molecule has 2 rings (SSSR count). The molecule has 1 fully saturated rings. The van der Waals surface area contributed by atoms with Crippen LogP contribution in [0.2, 0.25) is 0 Å². The van der Waals surface area contributed by atoms with Crippen molar-refractivity contribution < 1.29 is 17.9 Å². The molecule has 1 aliphatic carbocycles. The Labute approximate surface area is 123 Å². The van der Waals surface area contributed by atoms with E-state index in [2.05, 4.69) is 0 Å². The van der Waals surface area contributed by atoms with Crippen LogP contribution in [0.3, 0.4) is 0 Å². The molecule has 0 bridgehead atoms. The van der Waals surface area contributed by atoms with E-state index in [1.807, 2.05) is 0 Å². The third kappa shape index (κ3) is 3.73. The van der Waals surface area contributed by atoms with Gasteiger partial charge in [0, 0.05) is 10.7 Å². The van der Waals surface area contributed by atoms with Crippen molar-refractivity contribution in [2.24, 2.45) is 5.92 Å². The van der Waals surface area contributed by atoms with E-state index in [0.29, 0.717) is 18.1 Å². The highest BCUT2D eigenvalue weighted by molar-refractivity contribution is 8.13. The topological polar surface area (TPSA) is 60.4 Å². The minimum atomic E-state index is -3.86. The number of rotatable bonds is 4. The summed E-state index contributed by atoms with van der Waals surface area (Å²) in [5, 5.41) is 0. The Bertz CT molecular complexity index is 604. The molecule has 0 aromatic heterocycles. The summed E-state index contributed by atoms with van der Waals surface area (Å²) in [5.74, 6) is -0.0703. The van der Waals surface area contributed by atoms with Crippen molar-refractivity contribution in [3.63, 3.8) is 0 Å². The van der Waals surface area contributed by atoms with Crippen LogP contribution in [0.25, 0.3) is 0 Å². The van der Waals surface area contributed by atoms with E-state index in [1.165, 1.54) is 18.9 Å². The molecule has 4 nitrogen and oxygen atoms in total. The fourth-order valence-electron chi connectivity index (χ4n) is 2.44. The molecule has 0 radical (unpaired) electrons. The summed E-state index contributed by atoms with van der Waals surface area (Å²) < 4.78 is 28.1. The van der Waals surface area contributed by atoms with Crippen LogP contribution in [0.5, 0.6) is 0 Å². The molecule has 1 saturated carbocycles. The lowest BCUT2D eigenvalue weighted by atomic mass is 10.1. The zero-order chi connectivity index (χ0) is 14.8. The summed E-state index contributed by atoms with van der Waals surface area (Å²) in [6, 6.07) is 4.38. The molecule has 6 heteroatoms. The van der Waals surface area contributed by atoms with Gasteiger partial charge in [-0.05, 0) is 43.4 Å². The van der Waals surface area contributed by atoms with Crippen molar-refractivity contribution >= 4 is 25.7 Å². The predicted octanol–water partition coefficient (Wildman–Crippen LogP) is 3.27. The standard InChI is InChI=1S/C14H17ClO4S/c1-10-6-7-12(8-13(10)20(15,17)18)14(16)19-9-11-4-2-3-5-11/h6-8,11H,2-5,9H2,1H3. The Hall–Kier alpha value is -1.07. The Morgan fingerprint density at radius 1 is 1.35 bits per heavy atom. The number of ether oxygens (including phenoxy) is 1. The van der Waals surface area contributed by atoms with Crippen LogP contribution in [0.15, 0.2) is 23.1 Å². The van der Waals surface area contributed by atoms with Gasteiger partial charge in [0.15, 0.2) is 0 Å². The minimum absolute atomic E-state index is 0.0468. The van der Waals surface area contributed by atoms with Crippen LogP contribution >= 0.6 is 10.7 Å². The van der Waals surface area contributed by atoms with E-state index in [9.17, 15) is 13.2 Å². The molecule has 1 aromatic carbocycles. The van der Waals surface area contributed by atoms with Crippen LogP contribution in [0.4, 0.5) is 0 Å². The second kappa shape index (κ2) is 6.14. The van der Waals surface area contributed by atoms with Gasteiger partial charge in [-0.1, -0.05) is 18.9 Å². The first-order valence-corrected chi connectivity index (χ1v) is 8.91. The fourth-order valence-corrected chi connectivity index (χ4v) is 3.66. The van der Waals surface area contributed by atoms with E-state index in [-0.39, 0.29) is 10.5 Å². The average Bonchev–Trinajstić information content (AvgIpc) is 2.88. The number of carbonyl (C=O) groups excluding carboxylic acids is 1. The number of hydrogen-bond acceptors (Lipinski definition) is 4. The molecule has 0 N–H and O–H groups in total. The number of carbonyl (C=O) groups is 1. The van der Waals surface area contributed by atoms with Crippen LogP contribution in [0, 0.1) is 12.8 Å². The second-order valence-corrected chi connectivity index (χ2v) is 7.70.